The highest BCUT2D eigenvalue weighted by atomic mass is 79.9. The van der Waals surface area contributed by atoms with Crippen LogP contribution in [0.25, 0.3) is 0 Å². The predicted molar refractivity (Wildman–Crippen MR) is 205 cm³/mol. The third-order valence-corrected chi connectivity index (χ3v) is 12.7. The standard InChI is InChI=1S/C38H43Br2N5O6S/c39-29-20-19-28(21-30(29)40)52(48,49)44-36-22-33(38(47)42-32-16-8-10-18-35(32)51-25-27-13-5-2-6-14-27)45(43-36)23-37(46)41-31-15-7-9-17-34(31)50-24-26-11-3-1-4-12-26/h1-6,11-14,19-22,31-32,34-35H,7-10,15-18,23-25H2,(H,41,46)(H,42,47)(H,43,44)/t31-,32-,34-,35-/m0/s1. The summed E-state index contributed by atoms with van der Waals surface area (Å²) in [4.78, 5) is 27.6. The van der Waals surface area contributed by atoms with Crippen molar-refractivity contribution < 1.29 is 27.5 Å². The largest absolute Gasteiger partial charge is 0.371 e. The summed E-state index contributed by atoms with van der Waals surface area (Å²) in [7, 11) is -4.08. The van der Waals surface area contributed by atoms with Crippen LogP contribution in [0.2, 0.25) is 0 Å². The molecule has 3 aromatic carbocycles. The molecule has 0 radical (unpaired) electrons. The fourth-order valence-corrected chi connectivity index (χ4v) is 8.51. The molecule has 3 N–H and O–H groups in total. The van der Waals surface area contributed by atoms with E-state index in [1.54, 1.807) is 6.07 Å². The second kappa shape index (κ2) is 18.0. The van der Waals surface area contributed by atoms with E-state index in [4.69, 9.17) is 9.47 Å². The number of sulfonamides is 1. The molecule has 2 amide bonds. The van der Waals surface area contributed by atoms with Crippen LogP contribution in [0.1, 0.15) is 73.0 Å². The van der Waals surface area contributed by atoms with Gasteiger partial charge < -0.3 is 20.1 Å². The number of hydrogen-bond donors (Lipinski definition) is 3. The molecule has 4 aromatic rings. The number of amides is 2. The Hall–Kier alpha value is -3.56. The maximum absolute atomic E-state index is 14.0. The molecule has 2 aliphatic carbocycles. The summed E-state index contributed by atoms with van der Waals surface area (Å²) in [5.41, 5.74) is 2.15. The van der Waals surface area contributed by atoms with Crippen LogP contribution in [0.15, 0.2) is 98.8 Å². The average Bonchev–Trinajstić information content (AvgIpc) is 3.53. The van der Waals surface area contributed by atoms with Gasteiger partial charge in [-0.25, -0.2) is 13.1 Å². The molecule has 0 aliphatic heterocycles. The van der Waals surface area contributed by atoms with E-state index in [1.807, 2.05) is 60.7 Å². The van der Waals surface area contributed by atoms with Crippen molar-refractivity contribution >= 4 is 59.5 Å². The van der Waals surface area contributed by atoms with Crippen molar-refractivity contribution in [2.45, 2.75) is 100 Å². The van der Waals surface area contributed by atoms with Gasteiger partial charge in [0.2, 0.25) is 5.91 Å². The van der Waals surface area contributed by atoms with Crippen LogP contribution >= 0.6 is 31.9 Å². The zero-order valence-electron chi connectivity index (χ0n) is 28.7. The van der Waals surface area contributed by atoms with Gasteiger partial charge in [-0.3, -0.25) is 14.3 Å². The number of carbonyl (C=O) groups is 2. The Bertz CT molecular complexity index is 1930. The van der Waals surface area contributed by atoms with Gasteiger partial charge in [-0.05, 0) is 86.9 Å². The molecule has 0 spiro atoms. The molecular weight excluding hydrogens is 814 g/mol. The SMILES string of the molecule is O=C(Cn1nc(NS(=O)(=O)c2ccc(Br)c(Br)c2)cc1C(=O)N[C@H]1CCCC[C@@H]1OCc1ccccc1)N[C@H]1CCCC[C@@H]1OCc1ccccc1. The molecular formula is C38H43Br2N5O6S. The smallest absolute Gasteiger partial charge is 0.269 e. The molecule has 11 nitrogen and oxygen atoms in total. The van der Waals surface area contributed by atoms with Crippen LogP contribution < -0.4 is 15.4 Å². The lowest BCUT2D eigenvalue weighted by Crippen LogP contribution is -2.48. The molecule has 0 bridgehead atoms. The summed E-state index contributed by atoms with van der Waals surface area (Å²) in [6.45, 7) is 0.567. The Morgan fingerprint density at radius 2 is 1.29 bits per heavy atom. The number of nitrogens with zero attached hydrogens (tertiary/aromatic N) is 2. The Morgan fingerprint density at radius 1 is 0.731 bits per heavy atom. The first kappa shape index (κ1) is 38.2. The van der Waals surface area contributed by atoms with Gasteiger partial charge in [-0.15, -0.1) is 0 Å². The number of hydrogen-bond acceptors (Lipinski definition) is 7. The first-order valence-corrected chi connectivity index (χ1v) is 20.7. The molecule has 0 unspecified atom stereocenters. The first-order valence-electron chi connectivity index (χ1n) is 17.6. The molecule has 276 valence electrons. The van der Waals surface area contributed by atoms with Gasteiger partial charge in [-0.2, -0.15) is 5.10 Å². The summed E-state index contributed by atoms with van der Waals surface area (Å²) in [5, 5.41) is 10.6. The van der Waals surface area contributed by atoms with Gasteiger partial charge in [0.15, 0.2) is 5.82 Å². The highest BCUT2D eigenvalue weighted by molar-refractivity contribution is 9.13. The summed E-state index contributed by atoms with van der Waals surface area (Å²) < 4.78 is 44.3. The molecule has 14 heteroatoms. The number of rotatable bonds is 14. The van der Waals surface area contributed by atoms with Crippen molar-refractivity contribution in [1.29, 1.82) is 0 Å². The maximum Gasteiger partial charge on any atom is 0.269 e. The highest BCUT2D eigenvalue weighted by Gasteiger charge is 2.31. The Labute approximate surface area is 321 Å². The van der Waals surface area contributed by atoms with Crippen LogP contribution in [0, 0.1) is 0 Å². The number of benzene rings is 3. The molecule has 2 saturated carbocycles. The van der Waals surface area contributed by atoms with Crippen LogP contribution in [-0.2, 0) is 44.1 Å². The Balaban J connectivity index is 1.19. The topological polar surface area (TPSA) is 141 Å². The van der Waals surface area contributed by atoms with E-state index in [1.165, 1.54) is 22.9 Å². The molecule has 52 heavy (non-hydrogen) atoms. The summed E-state index contributed by atoms with van der Waals surface area (Å²) in [6, 6.07) is 25.2. The van der Waals surface area contributed by atoms with Gasteiger partial charge in [0.25, 0.3) is 15.9 Å². The van der Waals surface area contributed by atoms with Gasteiger partial charge in [-0.1, -0.05) is 86.3 Å². The van der Waals surface area contributed by atoms with Crippen LogP contribution in [0.4, 0.5) is 5.82 Å². The van der Waals surface area contributed by atoms with E-state index in [-0.39, 0.29) is 53.2 Å². The van der Waals surface area contributed by atoms with E-state index >= 15 is 0 Å². The Kier molecular flexibility index (Phi) is 13.2. The van der Waals surface area contributed by atoms with Crippen LogP contribution in [0.3, 0.4) is 0 Å². The zero-order valence-corrected chi connectivity index (χ0v) is 32.7. The van der Waals surface area contributed by atoms with Crippen molar-refractivity contribution in [3.05, 3.63) is 111 Å². The summed E-state index contributed by atoms with van der Waals surface area (Å²) in [6.07, 6.45) is 6.61. The van der Waals surface area contributed by atoms with Crippen molar-refractivity contribution in [3.63, 3.8) is 0 Å². The van der Waals surface area contributed by atoms with Gasteiger partial charge in [0.1, 0.15) is 12.2 Å². The molecule has 2 fully saturated rings. The number of carbonyl (C=O) groups excluding carboxylic acids is 2. The van der Waals surface area contributed by atoms with E-state index in [2.05, 4.69) is 52.3 Å². The minimum absolute atomic E-state index is 0.000301. The van der Waals surface area contributed by atoms with Crippen molar-refractivity contribution in [1.82, 2.24) is 20.4 Å². The number of aromatic nitrogens is 2. The molecule has 2 aliphatic rings. The van der Waals surface area contributed by atoms with E-state index in [9.17, 15) is 18.0 Å². The molecule has 1 heterocycles. The quantitative estimate of drug-likeness (QED) is 0.123. The fraction of sp³-hybridized carbons (Fsp3) is 0.395. The van der Waals surface area contributed by atoms with Gasteiger partial charge in [0.05, 0.1) is 42.4 Å². The second-order valence-electron chi connectivity index (χ2n) is 13.2. The van der Waals surface area contributed by atoms with Crippen LogP contribution in [0.5, 0.6) is 0 Å². The summed E-state index contributed by atoms with van der Waals surface area (Å²) in [5.74, 6) is -0.913. The molecule has 1 aromatic heterocycles. The molecule has 6 rings (SSSR count). The molecule has 0 saturated heterocycles. The van der Waals surface area contributed by atoms with Crippen molar-refractivity contribution in [2.24, 2.45) is 0 Å². The maximum atomic E-state index is 14.0. The highest BCUT2D eigenvalue weighted by Crippen LogP contribution is 2.28. The monoisotopic (exact) mass is 855 g/mol. The fourth-order valence-electron chi connectivity index (χ4n) is 6.72. The summed E-state index contributed by atoms with van der Waals surface area (Å²) >= 11 is 6.72. The lowest BCUT2D eigenvalue weighted by Gasteiger charge is -2.32. The second-order valence-corrected chi connectivity index (χ2v) is 16.6. The Morgan fingerprint density at radius 3 is 1.87 bits per heavy atom. The predicted octanol–water partition coefficient (Wildman–Crippen LogP) is 7.11. The van der Waals surface area contributed by atoms with Crippen LogP contribution in [-0.4, -0.2) is 54.3 Å². The number of anilines is 1. The average molecular weight is 858 g/mol. The van der Waals surface area contributed by atoms with Crippen molar-refractivity contribution in [2.75, 3.05) is 4.72 Å². The third kappa shape index (κ3) is 10.3. The third-order valence-electron chi connectivity index (χ3n) is 9.43. The lowest BCUT2D eigenvalue weighted by atomic mass is 9.92. The molecule has 4 atom stereocenters. The van der Waals surface area contributed by atoms with Gasteiger partial charge in [0, 0.05) is 15.0 Å². The number of ether oxygens (including phenoxy) is 2. The number of nitrogens with one attached hydrogen (secondary N) is 3. The first-order chi connectivity index (χ1) is 25.1. The normalized spacial score (nSPS) is 20.6. The number of halogens is 2. The minimum atomic E-state index is -4.08. The zero-order chi connectivity index (χ0) is 36.5. The van der Waals surface area contributed by atoms with E-state index < -0.39 is 15.9 Å². The lowest BCUT2D eigenvalue weighted by molar-refractivity contribution is -0.124. The van der Waals surface area contributed by atoms with E-state index in [0.717, 1.165) is 62.5 Å². The minimum Gasteiger partial charge on any atom is -0.371 e. The van der Waals surface area contributed by atoms with E-state index in [0.29, 0.717) is 22.2 Å². The van der Waals surface area contributed by atoms with Crippen molar-refractivity contribution in [3.8, 4) is 0 Å². The van der Waals surface area contributed by atoms with Gasteiger partial charge >= 0.3 is 0 Å².